The molecule has 3 nitrogen and oxygen atoms in total. The zero-order valence-corrected chi connectivity index (χ0v) is 12.2. The number of hydrogen-bond acceptors (Lipinski definition) is 2. The fraction of sp³-hybridized carbons (Fsp3) is 0.462. The van der Waals surface area contributed by atoms with Crippen LogP contribution in [0.25, 0.3) is 0 Å². The second-order valence-electron chi connectivity index (χ2n) is 4.12. The zero-order chi connectivity index (χ0) is 13.5. The van der Waals surface area contributed by atoms with Gasteiger partial charge in [-0.2, -0.15) is 0 Å². The van der Waals surface area contributed by atoms with Crippen LogP contribution < -0.4 is 10.6 Å². The molecule has 0 spiro atoms. The molecule has 1 atom stereocenters. The number of rotatable bonds is 6. The molecule has 1 amide bonds. The van der Waals surface area contributed by atoms with Crippen molar-refractivity contribution in [2.45, 2.75) is 26.3 Å². The van der Waals surface area contributed by atoms with Crippen molar-refractivity contribution in [2.24, 2.45) is 0 Å². The minimum Gasteiger partial charge on any atom is -0.355 e. The summed E-state index contributed by atoms with van der Waals surface area (Å²) >= 11 is 3.31. The minimum absolute atomic E-state index is 0.0703. The van der Waals surface area contributed by atoms with Crippen LogP contribution in [0.2, 0.25) is 0 Å². The van der Waals surface area contributed by atoms with E-state index in [9.17, 15) is 9.18 Å². The number of benzene rings is 1. The van der Waals surface area contributed by atoms with Gasteiger partial charge in [0.25, 0.3) is 0 Å². The molecular weight excluding hydrogens is 299 g/mol. The number of carbonyl (C=O) groups excluding carboxylic acids is 1. The number of carbonyl (C=O) groups is 1. The summed E-state index contributed by atoms with van der Waals surface area (Å²) < 4.78 is 14.4. The third-order valence-corrected chi connectivity index (χ3v) is 3.06. The van der Waals surface area contributed by atoms with Crippen LogP contribution in [0.5, 0.6) is 0 Å². The van der Waals surface area contributed by atoms with Gasteiger partial charge < -0.3 is 10.6 Å². The van der Waals surface area contributed by atoms with Gasteiger partial charge in [0.15, 0.2) is 0 Å². The lowest BCUT2D eigenvalue weighted by Gasteiger charge is -2.15. The summed E-state index contributed by atoms with van der Waals surface area (Å²) in [6, 6.07) is 4.57. The van der Waals surface area contributed by atoms with Gasteiger partial charge in [0.2, 0.25) is 5.91 Å². The Morgan fingerprint density at radius 3 is 2.89 bits per heavy atom. The van der Waals surface area contributed by atoms with Gasteiger partial charge >= 0.3 is 0 Å². The van der Waals surface area contributed by atoms with Gasteiger partial charge in [-0.1, -0.05) is 22.9 Å². The normalized spacial score (nSPS) is 12.2. The molecule has 0 saturated carbocycles. The van der Waals surface area contributed by atoms with Gasteiger partial charge in [-0.05, 0) is 31.5 Å². The van der Waals surface area contributed by atoms with E-state index in [0.717, 1.165) is 10.9 Å². The van der Waals surface area contributed by atoms with E-state index in [4.69, 9.17) is 0 Å². The lowest BCUT2D eigenvalue weighted by molar-refractivity contribution is -0.120. The van der Waals surface area contributed by atoms with Gasteiger partial charge in [0.05, 0.1) is 6.54 Å². The first kappa shape index (κ1) is 15.1. The highest BCUT2D eigenvalue weighted by atomic mass is 79.9. The Bertz CT molecular complexity index is 412. The van der Waals surface area contributed by atoms with E-state index in [1.54, 1.807) is 12.1 Å². The average Bonchev–Trinajstić information content (AvgIpc) is 2.36. The Labute approximate surface area is 115 Å². The maximum absolute atomic E-state index is 13.6. The number of nitrogens with one attached hydrogen (secondary N) is 2. The first-order valence-corrected chi connectivity index (χ1v) is 6.79. The van der Waals surface area contributed by atoms with Crippen LogP contribution in [0.4, 0.5) is 4.39 Å². The molecule has 0 aliphatic rings. The fourth-order valence-corrected chi connectivity index (χ4v) is 1.91. The molecule has 0 saturated heterocycles. The van der Waals surface area contributed by atoms with Crippen molar-refractivity contribution in [3.05, 3.63) is 34.1 Å². The van der Waals surface area contributed by atoms with Crippen LogP contribution in [0.1, 0.15) is 31.9 Å². The second kappa shape index (κ2) is 7.48. The van der Waals surface area contributed by atoms with Gasteiger partial charge in [-0.25, -0.2) is 4.39 Å². The van der Waals surface area contributed by atoms with E-state index in [-0.39, 0.29) is 24.3 Å². The Morgan fingerprint density at radius 2 is 2.22 bits per heavy atom. The Hall–Kier alpha value is -0.940. The van der Waals surface area contributed by atoms with Crippen molar-refractivity contribution in [3.8, 4) is 0 Å². The minimum atomic E-state index is -0.271. The predicted molar refractivity (Wildman–Crippen MR) is 73.8 cm³/mol. The van der Waals surface area contributed by atoms with E-state index >= 15 is 0 Å². The van der Waals surface area contributed by atoms with Gasteiger partial charge in [0, 0.05) is 22.6 Å². The molecule has 0 aromatic heterocycles. The molecule has 0 bridgehead atoms. The van der Waals surface area contributed by atoms with E-state index in [1.807, 2.05) is 13.8 Å². The van der Waals surface area contributed by atoms with E-state index < -0.39 is 0 Å². The summed E-state index contributed by atoms with van der Waals surface area (Å²) in [5, 5.41) is 5.76. The Kier molecular flexibility index (Phi) is 6.29. The number of halogens is 2. The van der Waals surface area contributed by atoms with Crippen molar-refractivity contribution in [1.29, 1.82) is 0 Å². The molecule has 0 heterocycles. The number of hydrogen-bond donors (Lipinski definition) is 2. The first-order chi connectivity index (χ1) is 8.54. The Morgan fingerprint density at radius 1 is 1.50 bits per heavy atom. The van der Waals surface area contributed by atoms with Crippen LogP contribution in [-0.2, 0) is 4.79 Å². The molecule has 0 radical (unpaired) electrons. The van der Waals surface area contributed by atoms with Gasteiger partial charge in [-0.3, -0.25) is 4.79 Å². The summed E-state index contributed by atoms with van der Waals surface area (Å²) in [4.78, 5) is 11.4. The molecule has 1 unspecified atom stereocenters. The maximum Gasteiger partial charge on any atom is 0.233 e. The fourth-order valence-electron chi connectivity index (χ4n) is 1.53. The van der Waals surface area contributed by atoms with Crippen LogP contribution in [0, 0.1) is 5.82 Å². The average molecular weight is 317 g/mol. The Balaban J connectivity index is 2.52. The van der Waals surface area contributed by atoms with Crippen molar-refractivity contribution in [1.82, 2.24) is 10.6 Å². The third kappa shape index (κ3) is 4.74. The lowest BCUT2D eigenvalue weighted by Crippen LogP contribution is -2.35. The van der Waals surface area contributed by atoms with Crippen molar-refractivity contribution < 1.29 is 9.18 Å². The summed E-state index contributed by atoms with van der Waals surface area (Å²) in [5.74, 6) is -0.341. The summed E-state index contributed by atoms with van der Waals surface area (Å²) in [7, 11) is 0. The number of amides is 1. The highest BCUT2D eigenvalue weighted by Gasteiger charge is 2.12. The maximum atomic E-state index is 13.6. The molecule has 1 rings (SSSR count). The van der Waals surface area contributed by atoms with Crippen molar-refractivity contribution >= 4 is 21.8 Å². The summed E-state index contributed by atoms with van der Waals surface area (Å²) in [6.45, 7) is 4.68. The van der Waals surface area contributed by atoms with Gasteiger partial charge in [-0.15, -0.1) is 0 Å². The second-order valence-corrected chi connectivity index (χ2v) is 5.03. The molecule has 0 aliphatic carbocycles. The largest absolute Gasteiger partial charge is 0.355 e. The van der Waals surface area contributed by atoms with E-state index in [2.05, 4.69) is 26.6 Å². The molecule has 100 valence electrons. The standard InChI is InChI=1S/C13H18BrFN2O/c1-3-6-16-13(18)8-17-9(2)11-7-10(14)4-5-12(11)15/h4-5,7,9,17H,3,6,8H2,1-2H3,(H,16,18). The predicted octanol–water partition coefficient (Wildman–Crippen LogP) is 2.77. The topological polar surface area (TPSA) is 41.1 Å². The van der Waals surface area contributed by atoms with E-state index in [1.165, 1.54) is 6.07 Å². The van der Waals surface area contributed by atoms with Crippen LogP contribution in [0.3, 0.4) is 0 Å². The van der Waals surface area contributed by atoms with Gasteiger partial charge in [0.1, 0.15) is 5.82 Å². The molecular formula is C13H18BrFN2O. The molecule has 0 fully saturated rings. The highest BCUT2D eigenvalue weighted by molar-refractivity contribution is 9.10. The monoisotopic (exact) mass is 316 g/mol. The van der Waals surface area contributed by atoms with Crippen LogP contribution in [-0.4, -0.2) is 19.0 Å². The highest BCUT2D eigenvalue weighted by Crippen LogP contribution is 2.21. The first-order valence-electron chi connectivity index (χ1n) is 5.99. The van der Waals surface area contributed by atoms with Crippen LogP contribution >= 0.6 is 15.9 Å². The quantitative estimate of drug-likeness (QED) is 0.847. The molecule has 2 N–H and O–H groups in total. The van der Waals surface area contributed by atoms with Crippen molar-refractivity contribution in [2.75, 3.05) is 13.1 Å². The molecule has 1 aromatic rings. The van der Waals surface area contributed by atoms with Crippen molar-refractivity contribution in [3.63, 3.8) is 0 Å². The smallest absolute Gasteiger partial charge is 0.233 e. The van der Waals surface area contributed by atoms with E-state index in [0.29, 0.717) is 12.1 Å². The SMILES string of the molecule is CCCNC(=O)CNC(C)c1cc(Br)ccc1F. The summed E-state index contributed by atoms with van der Waals surface area (Å²) in [5.41, 5.74) is 0.549. The molecule has 1 aromatic carbocycles. The zero-order valence-electron chi connectivity index (χ0n) is 10.6. The third-order valence-electron chi connectivity index (χ3n) is 2.57. The lowest BCUT2D eigenvalue weighted by atomic mass is 10.1. The molecule has 5 heteroatoms. The van der Waals surface area contributed by atoms with Crippen LogP contribution in [0.15, 0.2) is 22.7 Å². The molecule has 0 aliphatic heterocycles. The summed E-state index contributed by atoms with van der Waals surface area (Å²) in [6.07, 6.45) is 0.904. The molecule has 18 heavy (non-hydrogen) atoms.